The number of rotatable bonds is 9. The van der Waals surface area contributed by atoms with Crippen LogP contribution in [-0.2, 0) is 16.1 Å². The van der Waals surface area contributed by atoms with Crippen LogP contribution < -0.4 is 14.8 Å². The molecule has 36 heavy (non-hydrogen) atoms. The van der Waals surface area contributed by atoms with Crippen LogP contribution in [0.2, 0.25) is 10.0 Å². The van der Waals surface area contributed by atoms with Gasteiger partial charge in [-0.1, -0.05) is 35.3 Å². The van der Waals surface area contributed by atoms with E-state index in [9.17, 15) is 14.9 Å². The third-order valence-corrected chi connectivity index (χ3v) is 6.90. The molecule has 0 spiro atoms. The summed E-state index contributed by atoms with van der Waals surface area (Å²) in [6.45, 7) is 3.70. The summed E-state index contributed by atoms with van der Waals surface area (Å²) in [6.07, 6.45) is 2.91. The third kappa shape index (κ3) is 6.38. The molecule has 0 atom stereocenters. The van der Waals surface area contributed by atoms with E-state index in [0.717, 1.165) is 11.3 Å². The molecule has 0 aliphatic rings. The number of ether oxygens (including phenoxy) is 3. The molecule has 186 valence electrons. The Hall–Kier alpha value is -3.51. The van der Waals surface area contributed by atoms with Gasteiger partial charge in [-0.15, -0.1) is 11.3 Å². The fourth-order valence-corrected chi connectivity index (χ4v) is 4.74. The maximum Gasteiger partial charge on any atom is 0.348 e. The van der Waals surface area contributed by atoms with Gasteiger partial charge < -0.3 is 19.5 Å². The van der Waals surface area contributed by atoms with Gasteiger partial charge in [0, 0.05) is 21.7 Å². The molecule has 1 N–H and O–H groups in total. The Morgan fingerprint density at radius 1 is 1.17 bits per heavy atom. The number of nitrogens with zero attached hydrogens (tertiary/aromatic N) is 1. The Morgan fingerprint density at radius 2 is 1.89 bits per heavy atom. The smallest absolute Gasteiger partial charge is 0.348 e. The first-order valence-corrected chi connectivity index (χ1v) is 12.3. The van der Waals surface area contributed by atoms with E-state index in [2.05, 4.69) is 5.32 Å². The van der Waals surface area contributed by atoms with Crippen molar-refractivity contribution in [2.24, 2.45) is 0 Å². The molecule has 0 radical (unpaired) electrons. The molecule has 1 heterocycles. The molecule has 1 amide bonds. The van der Waals surface area contributed by atoms with E-state index in [1.54, 1.807) is 56.3 Å². The topological polar surface area (TPSA) is 97.7 Å². The van der Waals surface area contributed by atoms with E-state index in [1.807, 2.05) is 6.07 Å². The number of methoxy groups -OCH3 is 1. The summed E-state index contributed by atoms with van der Waals surface area (Å²) >= 11 is 13.4. The normalized spacial score (nSPS) is 10.7. The fourth-order valence-electron chi connectivity index (χ4n) is 3.18. The molecule has 0 saturated carbocycles. The number of nitrogens with one attached hydrogen (secondary N) is 1. The molecule has 3 rings (SSSR count). The van der Waals surface area contributed by atoms with Crippen LogP contribution in [0.3, 0.4) is 0 Å². The van der Waals surface area contributed by atoms with Crippen LogP contribution >= 0.6 is 34.5 Å². The predicted octanol–water partition coefficient (Wildman–Crippen LogP) is 6.65. The van der Waals surface area contributed by atoms with Crippen molar-refractivity contribution in [1.82, 2.24) is 0 Å². The van der Waals surface area contributed by atoms with Crippen LogP contribution in [0.25, 0.3) is 6.08 Å². The lowest BCUT2D eigenvalue weighted by Gasteiger charge is -2.13. The number of carbonyl (C=O) groups is 2. The minimum Gasteiger partial charge on any atom is -0.493 e. The fraction of sp³-hybridized carbons (Fsp3) is 0.192. The quantitative estimate of drug-likeness (QED) is 0.239. The Balaban J connectivity index is 1.71. The number of carbonyl (C=O) groups excluding carboxylic acids is 2. The highest BCUT2D eigenvalue weighted by molar-refractivity contribution is 7.18. The van der Waals surface area contributed by atoms with Crippen molar-refractivity contribution in [2.45, 2.75) is 20.5 Å². The summed E-state index contributed by atoms with van der Waals surface area (Å²) < 4.78 is 16.3. The molecular formula is C26H22Cl2N2O5S. The van der Waals surface area contributed by atoms with E-state index in [1.165, 1.54) is 13.2 Å². The Morgan fingerprint density at radius 3 is 2.53 bits per heavy atom. The van der Waals surface area contributed by atoms with Crippen molar-refractivity contribution < 1.29 is 23.8 Å². The van der Waals surface area contributed by atoms with Crippen molar-refractivity contribution >= 4 is 57.5 Å². The summed E-state index contributed by atoms with van der Waals surface area (Å²) in [4.78, 5) is 24.9. The summed E-state index contributed by atoms with van der Waals surface area (Å²) in [6, 6.07) is 12.4. The molecule has 3 aromatic rings. The number of hydrogen-bond donors (Lipinski definition) is 1. The number of halogens is 2. The van der Waals surface area contributed by atoms with Gasteiger partial charge in [0.05, 0.1) is 19.3 Å². The van der Waals surface area contributed by atoms with Crippen LogP contribution in [0.15, 0.2) is 42.5 Å². The van der Waals surface area contributed by atoms with Gasteiger partial charge in [0.1, 0.15) is 22.6 Å². The zero-order valence-corrected chi connectivity index (χ0v) is 22.0. The van der Waals surface area contributed by atoms with Gasteiger partial charge in [-0.3, -0.25) is 4.79 Å². The van der Waals surface area contributed by atoms with E-state index < -0.39 is 11.9 Å². The molecule has 0 aliphatic carbocycles. The summed E-state index contributed by atoms with van der Waals surface area (Å²) in [5.41, 5.74) is 2.04. The molecular weight excluding hydrogens is 523 g/mol. The molecule has 0 aliphatic heterocycles. The maximum atomic E-state index is 12.5. The van der Waals surface area contributed by atoms with Gasteiger partial charge in [-0.25, -0.2) is 4.79 Å². The largest absolute Gasteiger partial charge is 0.493 e. The van der Waals surface area contributed by atoms with Gasteiger partial charge in [-0.2, -0.15) is 5.26 Å². The second-order valence-corrected chi connectivity index (χ2v) is 9.15. The molecule has 10 heteroatoms. The molecule has 1 aromatic heterocycles. The minimum atomic E-state index is -0.529. The van der Waals surface area contributed by atoms with Crippen LogP contribution in [0.4, 0.5) is 5.00 Å². The summed E-state index contributed by atoms with van der Waals surface area (Å²) in [7, 11) is 1.51. The lowest BCUT2D eigenvalue weighted by molar-refractivity contribution is -0.111. The first-order chi connectivity index (χ1) is 17.3. The first-order valence-electron chi connectivity index (χ1n) is 10.7. The number of amides is 1. The van der Waals surface area contributed by atoms with Gasteiger partial charge in [-0.05, 0) is 55.3 Å². The van der Waals surface area contributed by atoms with Gasteiger partial charge in [0.15, 0.2) is 11.5 Å². The highest BCUT2D eigenvalue weighted by atomic mass is 35.5. The average Bonchev–Trinajstić information content (AvgIpc) is 3.17. The van der Waals surface area contributed by atoms with Gasteiger partial charge >= 0.3 is 5.97 Å². The molecule has 0 saturated heterocycles. The van der Waals surface area contributed by atoms with Crippen molar-refractivity contribution in [1.29, 1.82) is 5.26 Å². The molecule has 0 fully saturated rings. The van der Waals surface area contributed by atoms with Crippen molar-refractivity contribution in [2.75, 3.05) is 19.0 Å². The van der Waals surface area contributed by atoms with Gasteiger partial charge in [0.25, 0.3) is 0 Å². The maximum absolute atomic E-state index is 12.5. The Labute approximate surface area is 222 Å². The monoisotopic (exact) mass is 544 g/mol. The average molecular weight is 545 g/mol. The number of benzene rings is 2. The predicted molar refractivity (Wildman–Crippen MR) is 141 cm³/mol. The SMILES string of the molecule is CCOC(=O)c1sc(NC(=O)/C=C/c2ccc(OCc3c(Cl)cccc3Cl)c(OC)c2)c(C#N)c1C. The van der Waals surface area contributed by atoms with Crippen LogP contribution in [0.1, 0.15) is 38.8 Å². The van der Waals surface area contributed by atoms with Crippen LogP contribution in [-0.4, -0.2) is 25.6 Å². The van der Waals surface area contributed by atoms with Crippen molar-refractivity contribution in [3.05, 3.63) is 79.7 Å². The van der Waals surface area contributed by atoms with Crippen LogP contribution in [0.5, 0.6) is 11.5 Å². The van der Waals surface area contributed by atoms with Crippen LogP contribution in [0, 0.1) is 18.3 Å². The van der Waals surface area contributed by atoms with E-state index in [0.29, 0.717) is 38.2 Å². The van der Waals surface area contributed by atoms with Crippen molar-refractivity contribution in [3.63, 3.8) is 0 Å². The zero-order chi connectivity index (χ0) is 26.2. The number of hydrogen-bond acceptors (Lipinski definition) is 7. The lowest BCUT2D eigenvalue weighted by atomic mass is 10.1. The first kappa shape index (κ1) is 27.1. The van der Waals surface area contributed by atoms with Gasteiger partial charge in [0.2, 0.25) is 5.91 Å². The lowest BCUT2D eigenvalue weighted by Crippen LogP contribution is -2.07. The third-order valence-electron chi connectivity index (χ3n) is 5.00. The number of esters is 1. The second kappa shape index (κ2) is 12.5. The Kier molecular flexibility index (Phi) is 9.37. The summed E-state index contributed by atoms with van der Waals surface area (Å²) in [5.74, 6) is -0.0515. The highest BCUT2D eigenvalue weighted by Crippen LogP contribution is 2.34. The van der Waals surface area contributed by atoms with E-state index in [4.69, 9.17) is 37.4 Å². The summed E-state index contributed by atoms with van der Waals surface area (Å²) in [5, 5.41) is 13.4. The number of nitriles is 1. The molecule has 7 nitrogen and oxygen atoms in total. The molecule has 0 unspecified atom stereocenters. The van der Waals surface area contributed by atoms with E-state index in [-0.39, 0.29) is 28.7 Å². The van der Waals surface area contributed by atoms with Crippen molar-refractivity contribution in [3.8, 4) is 17.6 Å². The molecule has 2 aromatic carbocycles. The highest BCUT2D eigenvalue weighted by Gasteiger charge is 2.21. The van der Waals surface area contributed by atoms with E-state index >= 15 is 0 Å². The second-order valence-electron chi connectivity index (χ2n) is 7.31. The molecule has 0 bridgehead atoms. The Bertz CT molecular complexity index is 1340. The standard InChI is InChI=1S/C26H22Cl2N2O5S/c1-4-34-26(32)24-15(2)17(13-29)25(36-24)30-23(31)11-9-16-8-10-21(22(12-16)33-3)35-14-18-19(27)6-5-7-20(18)28/h5-12H,4,14H2,1-3H3,(H,30,31)/b11-9+. The number of thiophene rings is 1. The minimum absolute atomic E-state index is 0.154. The number of anilines is 1. The zero-order valence-electron chi connectivity index (χ0n) is 19.7.